The van der Waals surface area contributed by atoms with Crippen LogP contribution < -0.4 is 16.0 Å². The van der Waals surface area contributed by atoms with Crippen LogP contribution in [0.1, 0.15) is 18.1 Å². The Hall–Kier alpha value is -4.21. The summed E-state index contributed by atoms with van der Waals surface area (Å²) in [7, 11) is 3.03. The molecule has 0 bridgehead atoms. The zero-order chi connectivity index (χ0) is 26.9. The second kappa shape index (κ2) is 12.7. The van der Waals surface area contributed by atoms with Crippen molar-refractivity contribution in [1.29, 1.82) is 0 Å². The van der Waals surface area contributed by atoms with Crippen LogP contribution in [0.25, 0.3) is 0 Å². The van der Waals surface area contributed by atoms with Gasteiger partial charge in [-0.25, -0.2) is 0 Å². The highest BCUT2D eigenvalue weighted by Crippen LogP contribution is 2.16. The Balaban J connectivity index is 1.99. The van der Waals surface area contributed by atoms with Gasteiger partial charge in [-0.15, -0.1) is 0 Å². The van der Waals surface area contributed by atoms with E-state index in [9.17, 15) is 24.0 Å². The molecule has 0 aliphatic carbocycles. The molecule has 1 aliphatic rings. The normalized spacial score (nSPS) is 22.5. The molecule has 37 heavy (non-hydrogen) atoms. The van der Waals surface area contributed by atoms with E-state index in [1.165, 1.54) is 30.8 Å². The molecule has 0 saturated carbocycles. The van der Waals surface area contributed by atoms with Crippen LogP contribution in [-0.4, -0.2) is 84.6 Å². The number of carbonyl (C=O) groups excluding carboxylic acids is 5. The van der Waals surface area contributed by atoms with Crippen LogP contribution >= 0.6 is 0 Å². The first-order chi connectivity index (χ1) is 17.7. The first-order valence-corrected chi connectivity index (χ1v) is 12.1. The van der Waals surface area contributed by atoms with Crippen molar-refractivity contribution in [2.75, 3.05) is 27.2 Å². The second-order valence-corrected chi connectivity index (χ2v) is 9.09. The lowest BCUT2D eigenvalue weighted by molar-refractivity contribution is -0.147. The van der Waals surface area contributed by atoms with Crippen LogP contribution in [0.15, 0.2) is 60.7 Å². The highest BCUT2D eigenvalue weighted by atomic mass is 16.2. The fraction of sp³-hybridized carbons (Fsp3) is 0.370. The highest BCUT2D eigenvalue weighted by molar-refractivity contribution is 5.96. The predicted molar refractivity (Wildman–Crippen MR) is 137 cm³/mol. The van der Waals surface area contributed by atoms with E-state index in [1.807, 2.05) is 60.7 Å². The molecule has 3 rings (SSSR count). The summed E-state index contributed by atoms with van der Waals surface area (Å²) in [5, 5.41) is 7.59. The minimum Gasteiger partial charge on any atom is -0.345 e. The summed E-state index contributed by atoms with van der Waals surface area (Å²) in [5.41, 5.74) is 1.67. The summed E-state index contributed by atoms with van der Waals surface area (Å²) >= 11 is 0. The number of amides is 5. The molecule has 1 heterocycles. The van der Waals surface area contributed by atoms with Crippen molar-refractivity contribution >= 4 is 29.5 Å². The molecule has 10 nitrogen and oxygen atoms in total. The van der Waals surface area contributed by atoms with Gasteiger partial charge in [0.25, 0.3) is 0 Å². The quantitative estimate of drug-likeness (QED) is 0.532. The fourth-order valence-electron chi connectivity index (χ4n) is 4.09. The van der Waals surface area contributed by atoms with Crippen molar-refractivity contribution in [2.24, 2.45) is 0 Å². The number of hydrogen-bond acceptors (Lipinski definition) is 5. The average Bonchev–Trinajstić information content (AvgIpc) is 2.91. The van der Waals surface area contributed by atoms with Gasteiger partial charge in [0.2, 0.25) is 29.5 Å². The van der Waals surface area contributed by atoms with E-state index in [2.05, 4.69) is 16.0 Å². The summed E-state index contributed by atoms with van der Waals surface area (Å²) in [6.45, 7) is 0.809. The summed E-state index contributed by atoms with van der Waals surface area (Å²) in [6, 6.07) is 15.7. The van der Waals surface area contributed by atoms with Crippen molar-refractivity contribution in [1.82, 2.24) is 25.8 Å². The van der Waals surface area contributed by atoms with Crippen LogP contribution in [0, 0.1) is 0 Å². The van der Waals surface area contributed by atoms with E-state index < -0.39 is 47.7 Å². The summed E-state index contributed by atoms with van der Waals surface area (Å²) < 4.78 is 0. The second-order valence-electron chi connectivity index (χ2n) is 9.09. The molecule has 1 fully saturated rings. The van der Waals surface area contributed by atoms with Gasteiger partial charge in [-0.05, 0) is 18.1 Å². The standard InChI is InChI=1S/C27H33N5O5/c1-18-25(35)29-16-23(33)28-17-24(34)31(2)22(15-20-12-8-5-9-13-20)27(37)32(3)21(26(36)30-18)14-19-10-6-4-7-11-19/h4-13,18,21-22H,14-17H2,1-3H3,(H,28,33)(H,29,35)(H,30,36)/t18-,21-,22+/m0/s1. The third-order valence-corrected chi connectivity index (χ3v) is 6.42. The molecule has 2 aromatic carbocycles. The van der Waals surface area contributed by atoms with E-state index in [0.717, 1.165) is 11.1 Å². The lowest BCUT2D eigenvalue weighted by Crippen LogP contribution is -2.58. The van der Waals surface area contributed by atoms with Gasteiger partial charge in [0.05, 0.1) is 13.1 Å². The SMILES string of the molecule is C[C@@H]1NC(=O)[C@H](Cc2ccccc2)N(C)C(=O)[C@@H](Cc2ccccc2)N(C)C(=O)CNC(=O)CNC1=O. The van der Waals surface area contributed by atoms with Crippen LogP contribution in [0.5, 0.6) is 0 Å². The topological polar surface area (TPSA) is 128 Å². The van der Waals surface area contributed by atoms with Gasteiger partial charge >= 0.3 is 0 Å². The fourth-order valence-corrected chi connectivity index (χ4v) is 4.09. The molecule has 3 atom stereocenters. The van der Waals surface area contributed by atoms with Crippen LogP contribution in [-0.2, 0) is 36.8 Å². The van der Waals surface area contributed by atoms with E-state index in [0.29, 0.717) is 0 Å². The van der Waals surface area contributed by atoms with Gasteiger partial charge in [-0.3, -0.25) is 24.0 Å². The number of nitrogens with zero attached hydrogens (tertiary/aromatic N) is 2. The zero-order valence-electron chi connectivity index (χ0n) is 21.3. The van der Waals surface area contributed by atoms with Gasteiger partial charge in [-0.1, -0.05) is 60.7 Å². The molecule has 0 radical (unpaired) electrons. The molecule has 0 aromatic heterocycles. The van der Waals surface area contributed by atoms with Crippen molar-refractivity contribution in [3.63, 3.8) is 0 Å². The molecular formula is C27H33N5O5. The largest absolute Gasteiger partial charge is 0.345 e. The molecule has 1 aliphatic heterocycles. The van der Waals surface area contributed by atoms with Gasteiger partial charge in [0.15, 0.2) is 0 Å². The molecule has 0 unspecified atom stereocenters. The number of nitrogens with one attached hydrogen (secondary N) is 3. The molecular weight excluding hydrogens is 474 g/mol. The minimum absolute atomic E-state index is 0.207. The number of likely N-dealkylation sites (N-methyl/N-ethyl adjacent to an activating group) is 2. The number of carbonyl (C=O) groups is 5. The molecule has 196 valence electrons. The Morgan fingerprint density at radius 3 is 1.81 bits per heavy atom. The average molecular weight is 508 g/mol. The molecule has 10 heteroatoms. The van der Waals surface area contributed by atoms with Gasteiger partial charge in [-0.2, -0.15) is 0 Å². The smallest absolute Gasteiger partial charge is 0.246 e. The van der Waals surface area contributed by atoms with E-state index >= 15 is 0 Å². The minimum atomic E-state index is -0.948. The van der Waals surface area contributed by atoms with Crippen molar-refractivity contribution in [3.05, 3.63) is 71.8 Å². The summed E-state index contributed by atoms with van der Waals surface area (Å²) in [6.07, 6.45) is 0.426. The number of benzene rings is 2. The van der Waals surface area contributed by atoms with Crippen LogP contribution in [0.2, 0.25) is 0 Å². The third kappa shape index (κ3) is 7.39. The lowest BCUT2D eigenvalue weighted by atomic mass is 10.00. The Morgan fingerprint density at radius 1 is 0.703 bits per heavy atom. The van der Waals surface area contributed by atoms with Crippen molar-refractivity contribution < 1.29 is 24.0 Å². The number of rotatable bonds is 4. The van der Waals surface area contributed by atoms with E-state index in [4.69, 9.17) is 0 Å². The van der Waals surface area contributed by atoms with E-state index in [1.54, 1.807) is 0 Å². The maximum atomic E-state index is 13.9. The Morgan fingerprint density at radius 2 is 1.24 bits per heavy atom. The van der Waals surface area contributed by atoms with Gasteiger partial charge in [0, 0.05) is 26.9 Å². The molecule has 1 saturated heterocycles. The summed E-state index contributed by atoms with van der Waals surface area (Å²) in [4.78, 5) is 67.5. The highest BCUT2D eigenvalue weighted by Gasteiger charge is 2.36. The van der Waals surface area contributed by atoms with Crippen LogP contribution in [0.3, 0.4) is 0 Å². The maximum Gasteiger partial charge on any atom is 0.246 e. The molecule has 5 amide bonds. The molecule has 2 aromatic rings. The van der Waals surface area contributed by atoms with Crippen molar-refractivity contribution in [2.45, 2.75) is 37.9 Å². The summed E-state index contributed by atoms with van der Waals surface area (Å²) in [5.74, 6) is -2.55. The molecule has 3 N–H and O–H groups in total. The number of hydrogen-bond donors (Lipinski definition) is 3. The monoisotopic (exact) mass is 507 g/mol. The van der Waals surface area contributed by atoms with Crippen LogP contribution in [0.4, 0.5) is 0 Å². The zero-order valence-corrected chi connectivity index (χ0v) is 21.3. The van der Waals surface area contributed by atoms with Gasteiger partial charge in [0.1, 0.15) is 18.1 Å². The Labute approximate surface area is 216 Å². The first-order valence-electron chi connectivity index (χ1n) is 12.1. The first kappa shape index (κ1) is 27.4. The van der Waals surface area contributed by atoms with Gasteiger partial charge < -0.3 is 25.8 Å². The van der Waals surface area contributed by atoms with E-state index in [-0.39, 0.29) is 25.9 Å². The maximum absolute atomic E-state index is 13.9. The van der Waals surface area contributed by atoms with Crippen molar-refractivity contribution in [3.8, 4) is 0 Å². The Bertz CT molecular complexity index is 1120. The lowest BCUT2D eigenvalue weighted by Gasteiger charge is -2.35. The Kier molecular flexibility index (Phi) is 9.37. The predicted octanol–water partition coefficient (Wildman–Crippen LogP) is -0.123. The molecule has 0 spiro atoms. The third-order valence-electron chi connectivity index (χ3n) is 6.42.